The molecule has 20 heteroatoms. The summed E-state index contributed by atoms with van der Waals surface area (Å²) in [5.41, 5.74) is 1.83. The fraction of sp³-hybridized carbons (Fsp3) is 0.591. The average molecular weight is 671 g/mol. The van der Waals surface area contributed by atoms with Crippen molar-refractivity contribution in [2.75, 3.05) is 26.2 Å². The molecule has 0 saturated carbocycles. The molecule has 0 radical (unpaired) electrons. The highest BCUT2D eigenvalue weighted by Gasteiger charge is 2.68. The van der Waals surface area contributed by atoms with E-state index in [0.29, 0.717) is 16.3 Å². The summed E-state index contributed by atoms with van der Waals surface area (Å²) in [6.07, 6.45) is -13.1. The molecule has 1 aromatic carbocycles. The lowest BCUT2D eigenvalue weighted by atomic mass is 10.1. The number of esters is 1. The third-order valence-electron chi connectivity index (χ3n) is 5.57. The highest BCUT2D eigenvalue weighted by Crippen LogP contribution is 2.47. The first-order valence-electron chi connectivity index (χ1n) is 11.6. The van der Waals surface area contributed by atoms with Gasteiger partial charge in [-0.05, 0) is 20.8 Å². The van der Waals surface area contributed by atoms with E-state index >= 15 is 0 Å². The van der Waals surface area contributed by atoms with Crippen molar-refractivity contribution in [3.8, 4) is 0 Å². The lowest BCUT2D eigenvalue weighted by molar-refractivity contribution is -0.938. The Morgan fingerprint density at radius 1 is 0.833 bits per heavy atom. The van der Waals surface area contributed by atoms with Crippen LogP contribution in [0.2, 0.25) is 0 Å². The predicted molar refractivity (Wildman–Crippen MR) is 130 cm³/mol. The zero-order valence-electron chi connectivity index (χ0n) is 22.3. The number of hydrogen-bond donors (Lipinski definition) is 0. The summed E-state index contributed by atoms with van der Waals surface area (Å²) in [7, 11) is -15.2. The van der Waals surface area contributed by atoms with Gasteiger partial charge in [0.1, 0.15) is 6.54 Å². The van der Waals surface area contributed by atoms with Gasteiger partial charge >= 0.3 is 28.8 Å². The number of halogens is 10. The Hall–Kier alpha value is -2.45. The van der Waals surface area contributed by atoms with E-state index in [-0.39, 0.29) is 5.97 Å². The Balaban J connectivity index is 0.000000800. The van der Waals surface area contributed by atoms with Crippen LogP contribution in [0.3, 0.4) is 0 Å². The molecular formula is C22H28F10N2O6S2. The van der Waals surface area contributed by atoms with Crippen molar-refractivity contribution < 1.29 is 74.8 Å². The molecule has 1 rings (SSSR count). The van der Waals surface area contributed by atoms with Crippen LogP contribution < -0.4 is 0 Å². The number of nitrogens with zero attached hydrogens (tertiary/aromatic N) is 2. The molecule has 0 saturated heterocycles. The maximum atomic E-state index is 12.3. The minimum atomic E-state index is -7.62. The van der Waals surface area contributed by atoms with Crippen molar-refractivity contribution >= 4 is 26.0 Å². The molecule has 0 aliphatic rings. The molecule has 42 heavy (non-hydrogen) atoms. The van der Waals surface area contributed by atoms with Crippen LogP contribution in [-0.2, 0) is 36.1 Å². The highest BCUT2D eigenvalue weighted by atomic mass is 32.3. The van der Waals surface area contributed by atoms with Gasteiger partial charge in [-0.25, -0.2) is 21.6 Å². The van der Waals surface area contributed by atoms with Gasteiger partial charge in [0.05, 0.1) is 26.2 Å². The second-order valence-electron chi connectivity index (χ2n) is 8.66. The van der Waals surface area contributed by atoms with Crippen LogP contribution >= 0.6 is 0 Å². The first-order chi connectivity index (χ1) is 18.7. The monoisotopic (exact) mass is 670 g/mol. The molecule has 0 unspecified atom stereocenters. The molecule has 0 amide bonds. The number of ether oxygens (including phenoxy) is 1. The second-order valence-corrected chi connectivity index (χ2v) is 12.2. The van der Waals surface area contributed by atoms with Crippen LogP contribution in [0.4, 0.5) is 43.9 Å². The SMILES string of the molecule is C=C(C)C(=O)OCCC[N+](CC)(CC)Cc1ccccc1.O=S(=O)([N-]S(=O)(=O)C(F)(F)C(F)(F)F)C(F)(F)C(F)(F)F. The lowest BCUT2D eigenvalue weighted by Gasteiger charge is -2.37. The van der Waals surface area contributed by atoms with Crippen molar-refractivity contribution in [1.29, 1.82) is 0 Å². The van der Waals surface area contributed by atoms with E-state index in [1.165, 1.54) is 5.56 Å². The topological polar surface area (TPSA) is 109 Å². The number of alkyl halides is 10. The van der Waals surface area contributed by atoms with Crippen LogP contribution in [-0.4, -0.2) is 76.4 Å². The van der Waals surface area contributed by atoms with Crippen LogP contribution in [0.1, 0.15) is 32.8 Å². The Morgan fingerprint density at radius 2 is 1.24 bits per heavy atom. The molecule has 244 valence electrons. The van der Waals surface area contributed by atoms with Crippen molar-refractivity contribution in [2.24, 2.45) is 0 Å². The Labute approximate surface area is 236 Å². The minimum absolute atomic E-state index is 0.288. The normalized spacial score (nSPS) is 13.6. The average Bonchev–Trinajstić information content (AvgIpc) is 2.84. The van der Waals surface area contributed by atoms with Gasteiger partial charge in [0, 0.05) is 17.6 Å². The first-order valence-corrected chi connectivity index (χ1v) is 14.5. The molecule has 0 atom stereocenters. The molecule has 1 aromatic rings. The van der Waals surface area contributed by atoms with Crippen LogP contribution in [0.15, 0.2) is 42.5 Å². The van der Waals surface area contributed by atoms with E-state index in [2.05, 4.69) is 44.7 Å². The third-order valence-corrected chi connectivity index (χ3v) is 8.89. The van der Waals surface area contributed by atoms with Gasteiger partial charge in [-0.2, -0.15) is 43.9 Å². The van der Waals surface area contributed by atoms with Crippen LogP contribution in [0.25, 0.3) is 4.13 Å². The number of sulfonamides is 2. The number of benzene rings is 1. The molecule has 8 nitrogen and oxygen atoms in total. The fourth-order valence-corrected chi connectivity index (χ4v) is 5.38. The molecule has 0 aliphatic carbocycles. The van der Waals surface area contributed by atoms with Gasteiger partial charge in [0.2, 0.25) is 0 Å². The number of hydrogen-bond acceptors (Lipinski definition) is 6. The highest BCUT2D eigenvalue weighted by molar-refractivity contribution is 8.13. The summed E-state index contributed by atoms with van der Waals surface area (Å²) < 4.78 is 167. The number of rotatable bonds is 13. The summed E-state index contributed by atoms with van der Waals surface area (Å²) in [5.74, 6) is -0.288. The zero-order chi connectivity index (χ0) is 33.4. The first kappa shape index (κ1) is 39.5. The maximum Gasteiger partial charge on any atom is 0.467 e. The summed E-state index contributed by atoms with van der Waals surface area (Å²) in [5, 5.41) is -14.0. The molecule has 0 aliphatic heterocycles. The Bertz CT molecular complexity index is 1210. The fourth-order valence-electron chi connectivity index (χ4n) is 3.02. The van der Waals surface area contributed by atoms with Crippen molar-refractivity contribution in [2.45, 2.75) is 56.6 Å². The molecule has 0 N–H and O–H groups in total. The van der Waals surface area contributed by atoms with Crippen LogP contribution in [0, 0.1) is 0 Å². The van der Waals surface area contributed by atoms with Crippen molar-refractivity contribution in [3.63, 3.8) is 0 Å². The van der Waals surface area contributed by atoms with Crippen molar-refractivity contribution in [1.82, 2.24) is 0 Å². The minimum Gasteiger partial charge on any atom is -0.462 e. The van der Waals surface area contributed by atoms with Crippen molar-refractivity contribution in [3.05, 3.63) is 52.2 Å². The number of carbonyl (C=O) groups is 1. The third kappa shape index (κ3) is 10.1. The number of quaternary nitrogens is 1. The lowest BCUT2D eigenvalue weighted by Crippen LogP contribution is -2.48. The smallest absolute Gasteiger partial charge is 0.462 e. The summed E-state index contributed by atoms with van der Waals surface area (Å²) in [6, 6.07) is 10.6. The summed E-state index contributed by atoms with van der Waals surface area (Å²) in [6.45, 7) is 14.4. The zero-order valence-corrected chi connectivity index (χ0v) is 23.9. The Morgan fingerprint density at radius 3 is 1.57 bits per heavy atom. The Kier molecular flexibility index (Phi) is 13.5. The summed E-state index contributed by atoms with van der Waals surface area (Å²) >= 11 is 0. The van der Waals surface area contributed by atoms with Crippen LogP contribution in [0.5, 0.6) is 0 Å². The van der Waals surface area contributed by atoms with E-state index in [1.54, 1.807) is 6.92 Å². The van der Waals surface area contributed by atoms with Gasteiger partial charge in [0.15, 0.2) is 20.0 Å². The maximum absolute atomic E-state index is 12.3. The molecule has 0 aromatic heterocycles. The largest absolute Gasteiger partial charge is 0.467 e. The van der Waals surface area contributed by atoms with E-state index in [4.69, 9.17) is 4.74 Å². The van der Waals surface area contributed by atoms with E-state index in [1.807, 2.05) is 6.07 Å². The molecular weight excluding hydrogens is 642 g/mol. The van der Waals surface area contributed by atoms with Gasteiger partial charge in [-0.3, -0.25) is 0 Å². The van der Waals surface area contributed by atoms with E-state index in [0.717, 1.165) is 37.1 Å². The summed E-state index contributed by atoms with van der Waals surface area (Å²) in [4.78, 5) is 11.4. The second kappa shape index (κ2) is 14.3. The van der Waals surface area contributed by atoms with E-state index in [9.17, 15) is 65.5 Å². The molecule has 0 heterocycles. The van der Waals surface area contributed by atoms with Gasteiger partial charge in [-0.15, -0.1) is 0 Å². The number of carbonyl (C=O) groups excluding carboxylic acids is 1. The van der Waals surface area contributed by atoms with Gasteiger partial charge in [0.25, 0.3) is 0 Å². The van der Waals surface area contributed by atoms with Gasteiger partial charge < -0.3 is 13.3 Å². The molecule has 0 spiro atoms. The van der Waals surface area contributed by atoms with E-state index < -0.39 is 42.9 Å². The van der Waals surface area contributed by atoms with Gasteiger partial charge in [-0.1, -0.05) is 36.9 Å². The molecule has 0 bridgehead atoms. The quantitative estimate of drug-likeness (QED) is 0.0853. The molecule has 0 fully saturated rings. The standard InChI is InChI=1S/C18H28NO2.C4F10NO4S2/c1-5-19(6-2,15-17-11-8-7-9-12-17)13-10-14-21-18(20)16(3)4;5-1(6,7)3(11,12)20(16,17)15-21(18,19)4(13,14)2(8,9)10/h7-9,11-12H,3,5-6,10,13-15H2,1-2,4H3;/q+1;-1. The predicted octanol–water partition coefficient (Wildman–Crippen LogP) is 5.88.